The normalized spacial score (nSPS) is 22.3. The quantitative estimate of drug-likeness (QED) is 0.858. The van der Waals surface area contributed by atoms with Crippen molar-refractivity contribution in [2.24, 2.45) is 0 Å². The maximum absolute atomic E-state index is 13.0. The molecule has 0 aliphatic carbocycles. The summed E-state index contributed by atoms with van der Waals surface area (Å²) in [6.07, 6.45) is 0.826. The third-order valence-electron chi connectivity index (χ3n) is 4.41. The fourth-order valence-electron chi connectivity index (χ4n) is 3.23. The van der Waals surface area contributed by atoms with Gasteiger partial charge in [-0.05, 0) is 42.5 Å². The van der Waals surface area contributed by atoms with Crippen LogP contribution in [-0.2, 0) is 15.8 Å². The molecule has 0 amide bonds. The van der Waals surface area contributed by atoms with Crippen molar-refractivity contribution in [3.8, 4) is 0 Å². The predicted molar refractivity (Wildman–Crippen MR) is 89.0 cm³/mol. The van der Waals surface area contributed by atoms with Gasteiger partial charge in [0.1, 0.15) is 5.82 Å². The van der Waals surface area contributed by atoms with Crippen molar-refractivity contribution in [1.29, 1.82) is 0 Å². The Morgan fingerprint density at radius 1 is 1.09 bits per heavy atom. The van der Waals surface area contributed by atoms with Crippen LogP contribution in [0.15, 0.2) is 54.6 Å². The maximum atomic E-state index is 13.0. The highest BCUT2D eigenvalue weighted by atomic mass is 32.2. The Labute approximate surface area is 136 Å². The largest absolute Gasteiger partial charge is 0.218 e. The molecule has 0 aromatic heterocycles. The van der Waals surface area contributed by atoms with Crippen LogP contribution in [-0.4, -0.2) is 25.3 Å². The standard InChI is InChI=1S/C18H20FNO2S/c1-14-11-17(16-5-3-2-4-6-16)12-20(14)23(21,22)13-15-7-9-18(19)10-8-15/h2-10,14,17H,11-13H2,1H3. The first-order valence-electron chi connectivity index (χ1n) is 7.74. The molecule has 2 atom stereocenters. The van der Waals surface area contributed by atoms with Crippen LogP contribution < -0.4 is 0 Å². The summed E-state index contributed by atoms with van der Waals surface area (Å²) in [4.78, 5) is 0. The number of rotatable bonds is 4. The van der Waals surface area contributed by atoms with Gasteiger partial charge in [0.25, 0.3) is 0 Å². The minimum atomic E-state index is -3.41. The van der Waals surface area contributed by atoms with Crippen molar-refractivity contribution in [2.45, 2.75) is 31.1 Å². The van der Waals surface area contributed by atoms with E-state index in [2.05, 4.69) is 0 Å². The van der Waals surface area contributed by atoms with E-state index in [4.69, 9.17) is 0 Å². The molecule has 0 radical (unpaired) electrons. The molecule has 23 heavy (non-hydrogen) atoms. The van der Waals surface area contributed by atoms with E-state index in [0.29, 0.717) is 12.1 Å². The van der Waals surface area contributed by atoms with E-state index in [0.717, 1.165) is 6.42 Å². The third kappa shape index (κ3) is 3.62. The molecule has 2 aromatic rings. The molecule has 0 spiro atoms. The highest BCUT2D eigenvalue weighted by Gasteiger charge is 2.37. The van der Waals surface area contributed by atoms with E-state index in [1.54, 1.807) is 4.31 Å². The lowest BCUT2D eigenvalue weighted by atomic mass is 9.97. The van der Waals surface area contributed by atoms with Crippen LogP contribution in [0.2, 0.25) is 0 Å². The molecular weight excluding hydrogens is 313 g/mol. The second kappa shape index (κ2) is 6.42. The van der Waals surface area contributed by atoms with Gasteiger partial charge in [0.15, 0.2) is 0 Å². The van der Waals surface area contributed by atoms with Gasteiger partial charge in [0.05, 0.1) is 5.75 Å². The summed E-state index contributed by atoms with van der Waals surface area (Å²) in [5.41, 5.74) is 1.79. The Morgan fingerprint density at radius 3 is 2.39 bits per heavy atom. The molecule has 122 valence electrons. The molecular formula is C18H20FNO2S. The lowest BCUT2D eigenvalue weighted by molar-refractivity contribution is 0.406. The van der Waals surface area contributed by atoms with E-state index >= 15 is 0 Å². The van der Waals surface area contributed by atoms with Gasteiger partial charge in [-0.3, -0.25) is 0 Å². The number of nitrogens with zero attached hydrogens (tertiary/aromatic N) is 1. The van der Waals surface area contributed by atoms with Gasteiger partial charge in [0, 0.05) is 12.6 Å². The van der Waals surface area contributed by atoms with Gasteiger partial charge in [0.2, 0.25) is 10.0 Å². The van der Waals surface area contributed by atoms with E-state index < -0.39 is 10.0 Å². The van der Waals surface area contributed by atoms with Gasteiger partial charge in [-0.1, -0.05) is 42.5 Å². The molecule has 3 rings (SSSR count). The first-order chi connectivity index (χ1) is 11.0. The molecule has 0 saturated carbocycles. The van der Waals surface area contributed by atoms with Gasteiger partial charge in [-0.2, -0.15) is 4.31 Å². The van der Waals surface area contributed by atoms with Crippen LogP contribution in [0.4, 0.5) is 4.39 Å². The van der Waals surface area contributed by atoms with Gasteiger partial charge < -0.3 is 0 Å². The Balaban J connectivity index is 1.76. The fraction of sp³-hybridized carbons (Fsp3) is 0.333. The SMILES string of the molecule is CC1CC(c2ccccc2)CN1S(=O)(=O)Cc1ccc(F)cc1. The molecule has 1 saturated heterocycles. The Bertz CT molecular complexity index is 759. The van der Waals surface area contributed by atoms with Crippen LogP contribution in [0.1, 0.15) is 30.4 Å². The predicted octanol–water partition coefficient (Wildman–Crippen LogP) is 3.53. The summed E-state index contributed by atoms with van der Waals surface area (Å²) >= 11 is 0. The minimum Gasteiger partial charge on any atom is -0.212 e. The van der Waals surface area contributed by atoms with Crippen LogP contribution in [0.5, 0.6) is 0 Å². The Morgan fingerprint density at radius 2 is 1.74 bits per heavy atom. The van der Waals surface area contributed by atoms with Gasteiger partial charge in [-0.15, -0.1) is 0 Å². The smallest absolute Gasteiger partial charge is 0.212 e. The molecule has 0 N–H and O–H groups in total. The van der Waals surface area contributed by atoms with Crippen molar-refractivity contribution in [1.82, 2.24) is 4.31 Å². The zero-order chi connectivity index (χ0) is 16.4. The van der Waals surface area contributed by atoms with E-state index in [1.165, 1.54) is 29.8 Å². The minimum absolute atomic E-state index is 0.0225. The number of hydrogen-bond donors (Lipinski definition) is 0. The summed E-state index contributed by atoms with van der Waals surface area (Å²) in [6, 6.07) is 15.7. The summed E-state index contributed by atoms with van der Waals surface area (Å²) in [5, 5.41) is 0. The lowest BCUT2D eigenvalue weighted by Gasteiger charge is -2.21. The Kier molecular flexibility index (Phi) is 4.50. The van der Waals surface area contributed by atoms with Crippen molar-refractivity contribution < 1.29 is 12.8 Å². The molecule has 1 aliphatic rings. The first kappa shape index (κ1) is 16.1. The van der Waals surface area contributed by atoms with Crippen molar-refractivity contribution in [3.63, 3.8) is 0 Å². The molecule has 1 aliphatic heterocycles. The zero-order valence-corrected chi connectivity index (χ0v) is 13.8. The average Bonchev–Trinajstić information content (AvgIpc) is 2.93. The zero-order valence-electron chi connectivity index (χ0n) is 13.0. The second-order valence-electron chi connectivity index (χ2n) is 6.14. The summed E-state index contributed by atoms with van der Waals surface area (Å²) in [5.74, 6) is -0.210. The van der Waals surface area contributed by atoms with Crippen LogP contribution in [0, 0.1) is 5.82 Å². The molecule has 5 heteroatoms. The molecule has 2 aromatic carbocycles. The molecule has 2 unspecified atom stereocenters. The topological polar surface area (TPSA) is 37.4 Å². The molecule has 1 heterocycles. The fourth-order valence-corrected chi connectivity index (χ4v) is 5.05. The molecule has 3 nitrogen and oxygen atoms in total. The Hall–Kier alpha value is -1.72. The van der Waals surface area contributed by atoms with E-state index in [1.807, 2.05) is 37.3 Å². The van der Waals surface area contributed by atoms with Gasteiger partial charge >= 0.3 is 0 Å². The number of hydrogen-bond acceptors (Lipinski definition) is 2. The van der Waals surface area contributed by atoms with Gasteiger partial charge in [-0.25, -0.2) is 12.8 Å². The molecule has 1 fully saturated rings. The molecule has 0 bridgehead atoms. The van der Waals surface area contributed by atoms with E-state index in [9.17, 15) is 12.8 Å². The first-order valence-corrected chi connectivity index (χ1v) is 9.35. The van der Waals surface area contributed by atoms with Crippen molar-refractivity contribution >= 4 is 10.0 Å². The highest BCUT2D eigenvalue weighted by Crippen LogP contribution is 2.34. The maximum Gasteiger partial charge on any atom is 0.218 e. The third-order valence-corrected chi connectivity index (χ3v) is 6.33. The lowest BCUT2D eigenvalue weighted by Crippen LogP contribution is -2.34. The summed E-state index contributed by atoms with van der Waals surface area (Å²) < 4.78 is 40.0. The van der Waals surface area contributed by atoms with Crippen LogP contribution in [0.25, 0.3) is 0 Å². The van der Waals surface area contributed by atoms with Crippen molar-refractivity contribution in [3.05, 3.63) is 71.5 Å². The second-order valence-corrected chi connectivity index (χ2v) is 8.07. The summed E-state index contributed by atoms with van der Waals surface area (Å²) in [7, 11) is -3.41. The number of sulfonamides is 1. The highest BCUT2D eigenvalue weighted by molar-refractivity contribution is 7.88. The van der Waals surface area contributed by atoms with Crippen LogP contribution >= 0.6 is 0 Å². The van der Waals surface area contributed by atoms with Crippen molar-refractivity contribution in [2.75, 3.05) is 6.54 Å². The number of benzene rings is 2. The monoisotopic (exact) mass is 333 g/mol. The number of halogens is 1. The summed E-state index contributed by atoms with van der Waals surface area (Å²) in [6.45, 7) is 2.46. The van der Waals surface area contributed by atoms with E-state index in [-0.39, 0.29) is 23.5 Å². The van der Waals surface area contributed by atoms with Crippen LogP contribution in [0.3, 0.4) is 0 Å². The average molecular weight is 333 g/mol.